The van der Waals surface area contributed by atoms with E-state index in [1.165, 1.54) is 23.6 Å². The summed E-state index contributed by atoms with van der Waals surface area (Å²) in [6, 6.07) is 10.1. The third kappa shape index (κ3) is 3.24. The molecule has 3 rings (SSSR count). The van der Waals surface area contributed by atoms with Crippen LogP contribution in [0, 0.1) is 0 Å². The molecule has 2 aromatic heterocycles. The number of rotatable bonds is 5. The summed E-state index contributed by atoms with van der Waals surface area (Å²) in [7, 11) is -4.01. The van der Waals surface area contributed by atoms with Gasteiger partial charge in [0.2, 0.25) is 10.0 Å². The van der Waals surface area contributed by atoms with E-state index in [0.29, 0.717) is 11.1 Å². The molecule has 1 atom stereocenters. The van der Waals surface area contributed by atoms with Crippen molar-refractivity contribution >= 4 is 37.5 Å². The first kappa shape index (κ1) is 15.6. The Morgan fingerprint density at radius 2 is 1.96 bits per heavy atom. The third-order valence-electron chi connectivity index (χ3n) is 3.24. The Hall–Kier alpha value is -2.29. The number of aromatic nitrogens is 1. The maximum Gasteiger partial charge on any atom is 0.326 e. The quantitative estimate of drug-likeness (QED) is 0.738. The van der Waals surface area contributed by atoms with Gasteiger partial charge in [0.1, 0.15) is 10.9 Å². The van der Waals surface area contributed by atoms with Gasteiger partial charge in [-0.05, 0) is 23.1 Å². The molecule has 0 aliphatic rings. The van der Waals surface area contributed by atoms with Crippen molar-refractivity contribution in [3.8, 4) is 0 Å². The average Bonchev–Trinajstić information content (AvgIpc) is 3.01. The molecule has 0 spiro atoms. The van der Waals surface area contributed by atoms with Crippen LogP contribution in [-0.2, 0) is 14.8 Å². The lowest BCUT2D eigenvalue weighted by Crippen LogP contribution is -2.33. The van der Waals surface area contributed by atoms with Gasteiger partial charge in [-0.25, -0.2) is 8.42 Å². The number of carboxylic acids is 1. The van der Waals surface area contributed by atoms with E-state index in [1.807, 2.05) is 5.38 Å². The first-order valence-corrected chi connectivity index (χ1v) is 8.97. The van der Waals surface area contributed by atoms with E-state index in [4.69, 9.17) is 0 Å². The number of pyridine rings is 1. The van der Waals surface area contributed by atoms with Gasteiger partial charge in [0.25, 0.3) is 0 Å². The van der Waals surface area contributed by atoms with Crippen molar-refractivity contribution < 1.29 is 18.3 Å². The molecule has 0 radical (unpaired) electrons. The van der Waals surface area contributed by atoms with E-state index in [9.17, 15) is 18.3 Å². The summed E-state index contributed by atoms with van der Waals surface area (Å²) in [6.45, 7) is 0. The zero-order valence-corrected chi connectivity index (χ0v) is 13.3. The molecule has 3 aromatic rings. The van der Waals surface area contributed by atoms with E-state index >= 15 is 0 Å². The molecule has 0 bridgehead atoms. The van der Waals surface area contributed by atoms with Crippen molar-refractivity contribution in [2.75, 3.05) is 0 Å². The molecule has 0 saturated carbocycles. The molecule has 0 unspecified atom stereocenters. The number of nitrogens with one attached hydrogen (secondary N) is 1. The Morgan fingerprint density at radius 1 is 1.22 bits per heavy atom. The highest BCUT2D eigenvalue weighted by atomic mass is 32.2. The Labute approximate surface area is 136 Å². The summed E-state index contributed by atoms with van der Waals surface area (Å²) in [4.78, 5) is 15.5. The molecular weight excluding hydrogens is 336 g/mol. The maximum atomic E-state index is 12.5. The Kier molecular flexibility index (Phi) is 4.12. The predicted octanol–water partition coefficient (Wildman–Crippen LogP) is 2.40. The first-order chi connectivity index (χ1) is 11.0. The summed E-state index contributed by atoms with van der Waals surface area (Å²) >= 11 is 1.37. The van der Waals surface area contributed by atoms with Gasteiger partial charge in [0.05, 0.1) is 10.2 Å². The van der Waals surface area contributed by atoms with E-state index < -0.39 is 22.0 Å². The second-order valence-electron chi connectivity index (χ2n) is 4.78. The van der Waals surface area contributed by atoms with Crippen LogP contribution in [0.2, 0.25) is 0 Å². The standard InChI is InChI=1S/C15H12N2O4S2/c18-15(19)14(10-4-2-1-3-5-10)17-23(20,21)11-8-13-12(16-9-11)6-7-22-13/h1-9,14,17H,(H,18,19)/t14-/m0/s1. The topological polar surface area (TPSA) is 96.4 Å². The van der Waals surface area contributed by atoms with Crippen LogP contribution in [0.15, 0.2) is 58.9 Å². The first-order valence-electron chi connectivity index (χ1n) is 6.61. The molecule has 0 aliphatic carbocycles. The molecule has 8 heteroatoms. The number of nitrogens with zero attached hydrogens (tertiary/aromatic N) is 1. The molecule has 0 amide bonds. The molecule has 0 fully saturated rings. The van der Waals surface area contributed by atoms with E-state index in [1.54, 1.807) is 36.4 Å². The van der Waals surface area contributed by atoms with Crippen LogP contribution in [0.5, 0.6) is 0 Å². The van der Waals surface area contributed by atoms with Crippen LogP contribution in [0.3, 0.4) is 0 Å². The summed E-state index contributed by atoms with van der Waals surface area (Å²) in [5, 5.41) is 11.1. The van der Waals surface area contributed by atoms with Gasteiger partial charge >= 0.3 is 5.97 Å². The lowest BCUT2D eigenvalue weighted by molar-refractivity contribution is -0.139. The highest BCUT2D eigenvalue weighted by Crippen LogP contribution is 2.23. The van der Waals surface area contributed by atoms with E-state index in [0.717, 1.165) is 4.70 Å². The second kappa shape index (κ2) is 6.07. The number of benzene rings is 1. The van der Waals surface area contributed by atoms with Crippen molar-refractivity contribution in [1.29, 1.82) is 0 Å². The molecular formula is C15H12N2O4S2. The van der Waals surface area contributed by atoms with Crippen LogP contribution in [0.4, 0.5) is 0 Å². The Bertz CT molecular complexity index is 952. The van der Waals surface area contributed by atoms with Crippen molar-refractivity contribution in [2.45, 2.75) is 10.9 Å². The zero-order valence-electron chi connectivity index (χ0n) is 11.7. The lowest BCUT2D eigenvalue weighted by Gasteiger charge is -2.15. The smallest absolute Gasteiger partial charge is 0.326 e. The van der Waals surface area contributed by atoms with E-state index in [-0.39, 0.29) is 4.90 Å². The predicted molar refractivity (Wildman–Crippen MR) is 86.8 cm³/mol. The number of hydrogen-bond acceptors (Lipinski definition) is 5. The summed E-state index contributed by atoms with van der Waals surface area (Å²) in [5.74, 6) is -1.27. The molecule has 1 aromatic carbocycles. The van der Waals surface area contributed by atoms with Crippen molar-refractivity contribution in [1.82, 2.24) is 9.71 Å². The highest BCUT2D eigenvalue weighted by molar-refractivity contribution is 7.89. The van der Waals surface area contributed by atoms with Gasteiger partial charge in [-0.2, -0.15) is 4.72 Å². The fourth-order valence-corrected chi connectivity index (χ4v) is 4.11. The minimum atomic E-state index is -4.01. The van der Waals surface area contributed by atoms with Crippen molar-refractivity contribution in [3.63, 3.8) is 0 Å². The summed E-state index contributed by atoms with van der Waals surface area (Å²) in [5.41, 5.74) is 1.06. The molecule has 118 valence electrons. The van der Waals surface area contributed by atoms with Crippen LogP contribution in [0.25, 0.3) is 10.2 Å². The van der Waals surface area contributed by atoms with Crippen molar-refractivity contribution in [2.24, 2.45) is 0 Å². The largest absolute Gasteiger partial charge is 0.480 e. The van der Waals surface area contributed by atoms with E-state index in [2.05, 4.69) is 9.71 Å². The molecule has 2 heterocycles. The number of aliphatic carboxylic acids is 1. The fraction of sp³-hybridized carbons (Fsp3) is 0.0667. The minimum absolute atomic E-state index is 0.0605. The van der Waals surface area contributed by atoms with Gasteiger partial charge < -0.3 is 5.11 Å². The van der Waals surface area contributed by atoms with Crippen LogP contribution in [-0.4, -0.2) is 24.5 Å². The molecule has 0 aliphatic heterocycles. The van der Waals surface area contributed by atoms with Crippen LogP contribution >= 0.6 is 11.3 Å². The van der Waals surface area contributed by atoms with Gasteiger partial charge in [0, 0.05) is 6.20 Å². The average molecular weight is 348 g/mol. The number of hydrogen-bond donors (Lipinski definition) is 2. The number of sulfonamides is 1. The maximum absolute atomic E-state index is 12.5. The number of carbonyl (C=O) groups is 1. The molecule has 6 nitrogen and oxygen atoms in total. The van der Waals surface area contributed by atoms with Crippen LogP contribution < -0.4 is 4.72 Å². The monoisotopic (exact) mass is 348 g/mol. The summed E-state index contributed by atoms with van der Waals surface area (Å²) in [6.07, 6.45) is 1.22. The number of carboxylic acid groups (broad SMARTS) is 1. The van der Waals surface area contributed by atoms with Gasteiger partial charge in [-0.1, -0.05) is 30.3 Å². The fourth-order valence-electron chi connectivity index (χ4n) is 2.11. The number of thiophene rings is 1. The lowest BCUT2D eigenvalue weighted by atomic mass is 10.1. The third-order valence-corrected chi connectivity index (χ3v) is 5.48. The summed E-state index contributed by atoms with van der Waals surface area (Å²) < 4.78 is 27.9. The molecule has 2 N–H and O–H groups in total. The van der Waals surface area contributed by atoms with Crippen LogP contribution in [0.1, 0.15) is 11.6 Å². The molecule has 23 heavy (non-hydrogen) atoms. The normalized spacial score (nSPS) is 13.0. The molecule has 0 saturated heterocycles. The highest BCUT2D eigenvalue weighted by Gasteiger charge is 2.27. The zero-order chi connectivity index (χ0) is 16.4. The van der Waals surface area contributed by atoms with Gasteiger partial charge in [-0.15, -0.1) is 11.3 Å². The Balaban J connectivity index is 1.96. The second-order valence-corrected chi connectivity index (χ2v) is 7.44. The Morgan fingerprint density at radius 3 is 2.65 bits per heavy atom. The number of fused-ring (bicyclic) bond motifs is 1. The minimum Gasteiger partial charge on any atom is -0.480 e. The van der Waals surface area contributed by atoms with Gasteiger partial charge in [-0.3, -0.25) is 9.78 Å². The SMILES string of the molecule is O=C(O)[C@@H](NS(=O)(=O)c1cnc2ccsc2c1)c1ccccc1. The van der Waals surface area contributed by atoms with Gasteiger partial charge in [0.15, 0.2) is 0 Å². The van der Waals surface area contributed by atoms with Crippen molar-refractivity contribution in [3.05, 3.63) is 59.6 Å².